The van der Waals surface area contributed by atoms with Gasteiger partial charge in [-0.2, -0.15) is 12.2 Å². The van der Waals surface area contributed by atoms with Crippen LogP contribution in [0.15, 0.2) is 35.5 Å². The summed E-state index contributed by atoms with van der Waals surface area (Å²) < 4.78 is 0. The molecule has 0 aromatic rings. The number of hydrogen-bond donors (Lipinski definition) is 0. The number of nitrogens with zero attached hydrogens (tertiary/aromatic N) is 2. The molecule has 0 bridgehead atoms. The number of allylic oxidation sites excluding steroid dienone is 8. The molecule has 0 aliphatic heterocycles. The average molecular weight is 677 g/mol. The van der Waals surface area contributed by atoms with Crippen molar-refractivity contribution in [1.29, 1.82) is 0 Å². The molecule has 212 valence electrons. The molecule has 0 heterocycles. The monoisotopic (exact) mass is 678 g/mol. The van der Waals surface area contributed by atoms with Crippen LogP contribution in [0.5, 0.6) is 0 Å². The van der Waals surface area contributed by atoms with Crippen molar-refractivity contribution in [2.24, 2.45) is 0 Å². The number of unbranched alkanes of at least 4 members (excludes halogenated alkanes) is 2. The third-order valence-electron chi connectivity index (χ3n) is 4.47. The molecule has 0 atom stereocenters. The van der Waals surface area contributed by atoms with E-state index in [0.717, 1.165) is 12.8 Å². The fourth-order valence-electron chi connectivity index (χ4n) is 3.99. The molecule has 0 aromatic carbocycles. The molecule has 3 heteroatoms. The van der Waals surface area contributed by atoms with Crippen molar-refractivity contribution in [1.82, 2.24) is 0 Å². The standard InChI is InChI=1S/2C9H13.2C8H18N.Hf/c2*1-2-3-6-9-7-4-5-8-9;2*1-7(2,3)9-8(4,5)6;/h2*4,7H,2-3,5-6H2,1H3;2*1-6H3;/q4*-1;+4. The summed E-state index contributed by atoms with van der Waals surface area (Å²) in [6.07, 6.45) is 25.1. The molecule has 0 spiro atoms. The molecule has 0 saturated heterocycles. The maximum Gasteiger partial charge on any atom is 4.00 e. The average Bonchev–Trinajstić information content (AvgIpc) is 3.34. The molecular weight excluding hydrogens is 615 g/mol. The van der Waals surface area contributed by atoms with Crippen LogP contribution >= 0.6 is 0 Å². The quantitative estimate of drug-likeness (QED) is 0.198. The molecule has 2 rings (SSSR count). The van der Waals surface area contributed by atoms with Gasteiger partial charge < -0.3 is 10.6 Å². The van der Waals surface area contributed by atoms with E-state index in [4.69, 9.17) is 0 Å². The molecule has 0 N–H and O–H groups in total. The molecule has 0 fully saturated rings. The van der Waals surface area contributed by atoms with E-state index < -0.39 is 0 Å². The van der Waals surface area contributed by atoms with Gasteiger partial charge in [-0.15, -0.1) is 35.0 Å². The Hall–Kier alpha value is -0.250. The Balaban J connectivity index is -0.000000413. The van der Waals surface area contributed by atoms with Crippen molar-refractivity contribution < 1.29 is 25.8 Å². The number of hydrogen-bond acceptors (Lipinski definition) is 0. The Morgan fingerprint density at radius 2 is 0.838 bits per heavy atom. The van der Waals surface area contributed by atoms with Crippen LogP contribution in [0.25, 0.3) is 10.6 Å². The third kappa shape index (κ3) is 35.8. The van der Waals surface area contributed by atoms with E-state index in [1.165, 1.54) is 49.7 Å². The second-order valence-corrected chi connectivity index (χ2v) is 13.7. The molecule has 2 aliphatic carbocycles. The summed E-state index contributed by atoms with van der Waals surface area (Å²) in [6, 6.07) is 0. The minimum Gasteiger partial charge on any atom is -0.653 e. The van der Waals surface area contributed by atoms with Gasteiger partial charge in [0.25, 0.3) is 0 Å². The van der Waals surface area contributed by atoms with Gasteiger partial charge in [0.1, 0.15) is 0 Å². The van der Waals surface area contributed by atoms with E-state index in [-0.39, 0.29) is 48.0 Å². The molecule has 2 nitrogen and oxygen atoms in total. The Labute approximate surface area is 253 Å². The smallest absolute Gasteiger partial charge is 0.653 e. The normalized spacial score (nSPS) is 14.8. The first-order valence-electron chi connectivity index (χ1n) is 14.3. The van der Waals surface area contributed by atoms with Crippen molar-refractivity contribution in [2.45, 2.75) is 170 Å². The van der Waals surface area contributed by atoms with Gasteiger partial charge in [-0.25, -0.2) is 23.3 Å². The van der Waals surface area contributed by atoms with Gasteiger partial charge in [-0.05, 0) is 0 Å². The summed E-state index contributed by atoms with van der Waals surface area (Å²) in [5, 5.41) is 9.08. The van der Waals surface area contributed by atoms with E-state index in [2.05, 4.69) is 144 Å². The van der Waals surface area contributed by atoms with E-state index in [1.807, 2.05) is 0 Å². The summed E-state index contributed by atoms with van der Waals surface area (Å²) in [5.41, 5.74) is 3.27. The van der Waals surface area contributed by atoms with Crippen molar-refractivity contribution in [3.8, 4) is 0 Å². The zero-order valence-corrected chi connectivity index (χ0v) is 31.0. The zero-order chi connectivity index (χ0) is 28.5. The largest absolute Gasteiger partial charge is 4.00 e. The van der Waals surface area contributed by atoms with Crippen LogP contribution in [0.4, 0.5) is 0 Å². The fraction of sp³-hybridized carbons (Fsp3) is 0.765. The zero-order valence-electron chi connectivity index (χ0n) is 27.4. The van der Waals surface area contributed by atoms with Crippen LogP contribution in [0.1, 0.15) is 148 Å². The summed E-state index contributed by atoms with van der Waals surface area (Å²) in [5.74, 6) is 0. The number of rotatable bonds is 6. The van der Waals surface area contributed by atoms with Crippen LogP contribution in [0.2, 0.25) is 0 Å². The molecule has 37 heavy (non-hydrogen) atoms. The Morgan fingerprint density at radius 3 is 0.973 bits per heavy atom. The van der Waals surface area contributed by atoms with Gasteiger partial charge in [0.15, 0.2) is 0 Å². The van der Waals surface area contributed by atoms with Crippen molar-refractivity contribution >= 4 is 0 Å². The molecule has 0 radical (unpaired) electrons. The van der Waals surface area contributed by atoms with Crippen LogP contribution in [0, 0.1) is 12.2 Å². The van der Waals surface area contributed by atoms with E-state index in [1.54, 1.807) is 0 Å². The summed E-state index contributed by atoms with van der Waals surface area (Å²) in [6.45, 7) is 29.9. The molecule has 0 aromatic heterocycles. The van der Waals surface area contributed by atoms with Gasteiger partial charge in [-0.3, -0.25) is 12.2 Å². The first-order valence-corrected chi connectivity index (χ1v) is 14.3. The van der Waals surface area contributed by atoms with Crippen molar-refractivity contribution in [3.05, 3.63) is 58.2 Å². The van der Waals surface area contributed by atoms with Gasteiger partial charge in [-0.1, -0.05) is 135 Å². The minimum absolute atomic E-state index is 0. The molecule has 0 saturated carbocycles. The van der Waals surface area contributed by atoms with Gasteiger partial charge in [0.05, 0.1) is 0 Å². The Kier molecular flexibility index (Phi) is 23.0. The molecule has 2 aliphatic rings. The topological polar surface area (TPSA) is 28.2 Å². The second-order valence-electron chi connectivity index (χ2n) is 13.7. The molecular formula is C34H62HfN2. The molecule has 0 unspecified atom stereocenters. The van der Waals surface area contributed by atoms with E-state index in [9.17, 15) is 0 Å². The van der Waals surface area contributed by atoms with Gasteiger partial charge in [0, 0.05) is 0 Å². The Morgan fingerprint density at radius 1 is 0.568 bits per heavy atom. The van der Waals surface area contributed by atoms with Gasteiger partial charge >= 0.3 is 25.8 Å². The third-order valence-corrected chi connectivity index (χ3v) is 4.47. The first kappa shape index (κ1) is 41.2. The van der Waals surface area contributed by atoms with E-state index >= 15 is 0 Å². The maximum atomic E-state index is 4.54. The Bertz CT molecular complexity index is 585. The summed E-state index contributed by atoms with van der Waals surface area (Å²) >= 11 is 0. The second kappa shape index (κ2) is 20.6. The predicted octanol–water partition coefficient (Wildman–Crippen LogP) is 11.6. The van der Waals surface area contributed by atoms with Crippen LogP contribution in [0.3, 0.4) is 0 Å². The van der Waals surface area contributed by atoms with E-state index in [0.29, 0.717) is 0 Å². The van der Waals surface area contributed by atoms with Crippen LogP contribution in [-0.4, -0.2) is 22.2 Å². The first-order chi connectivity index (χ1) is 16.3. The van der Waals surface area contributed by atoms with Crippen LogP contribution in [-0.2, 0) is 25.8 Å². The van der Waals surface area contributed by atoms with Crippen LogP contribution < -0.4 is 0 Å². The SMILES string of the molecule is CC(C)(C)[N-]C(C)(C)C.CC(C)(C)[N-]C(C)(C)C.CCCCC1=[C-]CC=C1.CCCCC1=[C-]CC=C1.[Hf+4]. The fourth-order valence-corrected chi connectivity index (χ4v) is 3.99. The van der Waals surface area contributed by atoms with Crippen molar-refractivity contribution in [2.75, 3.05) is 0 Å². The summed E-state index contributed by atoms with van der Waals surface area (Å²) in [4.78, 5) is 0. The summed E-state index contributed by atoms with van der Waals surface area (Å²) in [7, 11) is 0. The van der Waals surface area contributed by atoms with Crippen molar-refractivity contribution in [3.63, 3.8) is 0 Å². The molecule has 0 amide bonds. The maximum absolute atomic E-state index is 4.54. The van der Waals surface area contributed by atoms with Gasteiger partial charge in [0.2, 0.25) is 0 Å². The minimum atomic E-state index is 0. The predicted molar refractivity (Wildman–Crippen MR) is 166 cm³/mol.